The molecule has 1 spiro atoms. The van der Waals surface area contributed by atoms with Crippen LogP contribution in [0.4, 0.5) is 0 Å². The lowest BCUT2D eigenvalue weighted by molar-refractivity contribution is -0.145. The molecule has 3 aliphatic rings. The number of benzene rings is 1. The highest BCUT2D eigenvalue weighted by atomic mass is 32.2. The van der Waals surface area contributed by atoms with Gasteiger partial charge in [-0.15, -0.1) is 0 Å². The molecule has 2 N–H and O–H groups in total. The molecule has 1 aromatic heterocycles. The molecule has 2 aromatic rings. The molecule has 5 rings (SSSR count). The summed E-state index contributed by atoms with van der Waals surface area (Å²) in [7, 11) is -1.70. The van der Waals surface area contributed by atoms with Crippen molar-refractivity contribution >= 4 is 26.8 Å². The molecule has 1 atom stereocenters. The van der Waals surface area contributed by atoms with E-state index in [0.717, 1.165) is 41.4 Å². The summed E-state index contributed by atoms with van der Waals surface area (Å²) in [5, 5.41) is 11.2. The largest absolute Gasteiger partial charge is 0.497 e. The maximum Gasteiger partial charge on any atom is 0.226 e. The van der Waals surface area contributed by atoms with E-state index >= 15 is 0 Å². The Hall–Kier alpha value is -2.10. The van der Waals surface area contributed by atoms with Crippen molar-refractivity contribution in [3.63, 3.8) is 0 Å². The minimum Gasteiger partial charge on any atom is -0.497 e. The van der Waals surface area contributed by atoms with Crippen LogP contribution in [-0.4, -0.2) is 73.2 Å². The third kappa shape index (κ3) is 2.79. The Balaban J connectivity index is 1.65. The number of ether oxygens (including phenoxy) is 1. The van der Waals surface area contributed by atoms with Gasteiger partial charge >= 0.3 is 0 Å². The lowest BCUT2D eigenvalue weighted by atomic mass is 9.69. The third-order valence-electron chi connectivity index (χ3n) is 7.09. The molecule has 0 bridgehead atoms. The number of sulfonamides is 1. The first-order valence-electron chi connectivity index (χ1n) is 10.3. The number of aromatic amines is 1. The van der Waals surface area contributed by atoms with Gasteiger partial charge in [-0.3, -0.25) is 4.79 Å². The average Bonchev–Trinajstić information content (AvgIpc) is 3.01. The number of nitrogens with one attached hydrogen (secondary N) is 1. The SMILES string of the molecule is COc1ccc2c3c([nH]c2c1)[C@@H](CO)N(C(=O)C1CCC1)CC31CN(S(C)(=O)=O)C1. The maximum absolute atomic E-state index is 13.2. The van der Waals surface area contributed by atoms with Crippen molar-refractivity contribution < 1.29 is 23.1 Å². The van der Waals surface area contributed by atoms with Crippen molar-refractivity contribution in [1.82, 2.24) is 14.2 Å². The molecule has 3 heterocycles. The van der Waals surface area contributed by atoms with Crippen LogP contribution in [0.3, 0.4) is 0 Å². The Morgan fingerprint density at radius 3 is 2.60 bits per heavy atom. The van der Waals surface area contributed by atoms with Crippen LogP contribution >= 0.6 is 0 Å². The number of hydrogen-bond donors (Lipinski definition) is 2. The summed E-state index contributed by atoms with van der Waals surface area (Å²) >= 11 is 0. The van der Waals surface area contributed by atoms with Crippen LogP contribution < -0.4 is 4.74 Å². The second kappa shape index (κ2) is 6.70. The van der Waals surface area contributed by atoms with E-state index in [4.69, 9.17) is 4.74 Å². The van der Waals surface area contributed by atoms with Crippen molar-refractivity contribution in [2.75, 3.05) is 39.6 Å². The predicted octanol–water partition coefficient (Wildman–Crippen LogP) is 1.37. The number of fused-ring (bicyclic) bond motifs is 4. The quantitative estimate of drug-likeness (QED) is 0.758. The van der Waals surface area contributed by atoms with E-state index in [9.17, 15) is 18.3 Å². The van der Waals surface area contributed by atoms with Gasteiger partial charge in [0.05, 0.1) is 26.0 Å². The van der Waals surface area contributed by atoms with Crippen LogP contribution in [0.25, 0.3) is 10.9 Å². The summed E-state index contributed by atoms with van der Waals surface area (Å²) in [5.41, 5.74) is 2.23. The molecular formula is C21H27N3O5S. The zero-order valence-electron chi connectivity index (χ0n) is 17.2. The fourth-order valence-electron chi connectivity index (χ4n) is 5.25. The average molecular weight is 434 g/mol. The number of carbonyl (C=O) groups is 1. The number of rotatable bonds is 4. The van der Waals surface area contributed by atoms with Crippen molar-refractivity contribution in [3.8, 4) is 5.75 Å². The number of methoxy groups -OCH3 is 1. The second-order valence-corrected chi connectivity index (χ2v) is 10.9. The van der Waals surface area contributed by atoms with Crippen LogP contribution in [0.2, 0.25) is 0 Å². The fraction of sp³-hybridized carbons (Fsp3) is 0.571. The minimum atomic E-state index is -3.31. The Labute approximate surface area is 175 Å². The van der Waals surface area contributed by atoms with E-state index in [-0.39, 0.29) is 18.4 Å². The molecule has 9 heteroatoms. The number of aliphatic hydroxyl groups excluding tert-OH is 1. The lowest BCUT2D eigenvalue weighted by Crippen LogP contribution is -2.68. The van der Waals surface area contributed by atoms with E-state index in [2.05, 4.69) is 4.98 Å². The van der Waals surface area contributed by atoms with Gasteiger partial charge in [0.15, 0.2) is 0 Å². The van der Waals surface area contributed by atoms with Gasteiger partial charge in [-0.2, -0.15) is 0 Å². The summed E-state index contributed by atoms with van der Waals surface area (Å²) in [6, 6.07) is 5.31. The first kappa shape index (κ1) is 19.8. The van der Waals surface area contributed by atoms with Crippen LogP contribution in [-0.2, 0) is 20.2 Å². The highest BCUT2D eigenvalue weighted by Crippen LogP contribution is 2.50. The van der Waals surface area contributed by atoms with Gasteiger partial charge < -0.3 is 19.7 Å². The van der Waals surface area contributed by atoms with Crippen LogP contribution in [0.15, 0.2) is 18.2 Å². The molecule has 2 aliphatic heterocycles. The van der Waals surface area contributed by atoms with Crippen molar-refractivity contribution in [1.29, 1.82) is 0 Å². The van der Waals surface area contributed by atoms with E-state index in [1.807, 2.05) is 18.2 Å². The standard InChI is InChI=1S/C21H27N3O5S/c1-29-14-6-7-15-16(8-14)22-19-17(9-25)24(20(26)13-4-3-5-13)12-21(18(15)19)10-23(11-21)30(2,27)28/h6-8,13,17,22,25H,3-5,9-12H2,1-2H3/t17-/m1/s1. The highest BCUT2D eigenvalue weighted by molar-refractivity contribution is 7.88. The van der Waals surface area contributed by atoms with E-state index in [1.54, 1.807) is 12.0 Å². The first-order chi connectivity index (χ1) is 14.3. The third-order valence-corrected chi connectivity index (χ3v) is 8.28. The number of hydrogen-bond acceptors (Lipinski definition) is 5. The fourth-order valence-corrected chi connectivity index (χ4v) is 6.21. The maximum atomic E-state index is 13.2. The summed E-state index contributed by atoms with van der Waals surface area (Å²) < 4.78 is 31.1. The number of amides is 1. The Kier molecular flexibility index (Phi) is 4.43. The monoisotopic (exact) mass is 433 g/mol. The zero-order chi connectivity index (χ0) is 21.3. The van der Waals surface area contributed by atoms with Crippen molar-refractivity contribution in [2.24, 2.45) is 5.92 Å². The highest BCUT2D eigenvalue weighted by Gasteiger charge is 2.56. The molecule has 30 heavy (non-hydrogen) atoms. The van der Waals surface area contributed by atoms with Gasteiger partial charge in [0, 0.05) is 53.6 Å². The molecule has 1 aliphatic carbocycles. The molecule has 1 amide bonds. The summed E-state index contributed by atoms with van der Waals surface area (Å²) in [4.78, 5) is 18.4. The number of aromatic nitrogens is 1. The molecule has 1 saturated carbocycles. The van der Waals surface area contributed by atoms with Gasteiger partial charge in [0.25, 0.3) is 0 Å². The van der Waals surface area contributed by atoms with Gasteiger partial charge in [0.1, 0.15) is 5.75 Å². The number of H-pyrrole nitrogens is 1. The summed E-state index contributed by atoms with van der Waals surface area (Å²) in [6.07, 6.45) is 4.04. The predicted molar refractivity (Wildman–Crippen MR) is 112 cm³/mol. The van der Waals surface area contributed by atoms with Gasteiger partial charge in [0.2, 0.25) is 15.9 Å². The second-order valence-electron chi connectivity index (χ2n) is 8.93. The van der Waals surface area contributed by atoms with E-state index < -0.39 is 21.5 Å². The molecule has 1 saturated heterocycles. The van der Waals surface area contributed by atoms with Crippen LogP contribution in [0, 0.1) is 5.92 Å². The van der Waals surface area contributed by atoms with Gasteiger partial charge in [-0.25, -0.2) is 12.7 Å². The van der Waals surface area contributed by atoms with E-state index in [0.29, 0.717) is 25.4 Å². The molecule has 0 unspecified atom stereocenters. The van der Waals surface area contributed by atoms with Crippen LogP contribution in [0.5, 0.6) is 5.75 Å². The molecule has 0 radical (unpaired) electrons. The Bertz CT molecular complexity index is 1120. The van der Waals surface area contributed by atoms with Crippen molar-refractivity contribution in [2.45, 2.75) is 30.7 Å². The lowest BCUT2D eigenvalue weighted by Gasteiger charge is -2.55. The molecule has 1 aromatic carbocycles. The number of carbonyl (C=O) groups excluding carboxylic acids is 1. The van der Waals surface area contributed by atoms with Crippen molar-refractivity contribution in [3.05, 3.63) is 29.5 Å². The Morgan fingerprint density at radius 2 is 2.03 bits per heavy atom. The topological polar surface area (TPSA) is 103 Å². The minimum absolute atomic E-state index is 0.00760. The summed E-state index contributed by atoms with van der Waals surface area (Å²) in [5.74, 6) is 0.789. The molecule has 162 valence electrons. The number of aliphatic hydroxyl groups is 1. The molecular weight excluding hydrogens is 406 g/mol. The summed E-state index contributed by atoms with van der Waals surface area (Å²) in [6.45, 7) is 0.918. The number of nitrogens with zero attached hydrogens (tertiary/aromatic N) is 2. The Morgan fingerprint density at radius 1 is 1.30 bits per heavy atom. The molecule has 2 fully saturated rings. The van der Waals surface area contributed by atoms with Crippen LogP contribution in [0.1, 0.15) is 36.6 Å². The normalized spacial score (nSPS) is 23.8. The molecule has 8 nitrogen and oxygen atoms in total. The van der Waals surface area contributed by atoms with Gasteiger partial charge in [-0.05, 0) is 30.5 Å². The first-order valence-corrected chi connectivity index (χ1v) is 12.2. The van der Waals surface area contributed by atoms with E-state index in [1.165, 1.54) is 10.6 Å². The smallest absolute Gasteiger partial charge is 0.226 e. The van der Waals surface area contributed by atoms with Gasteiger partial charge in [-0.1, -0.05) is 6.42 Å². The zero-order valence-corrected chi connectivity index (χ0v) is 18.0.